The number of carbonyl (C=O) groups excluding carboxylic acids is 2. The van der Waals surface area contributed by atoms with Crippen molar-refractivity contribution in [1.82, 2.24) is 9.55 Å². The van der Waals surface area contributed by atoms with Gasteiger partial charge in [-0.15, -0.1) is 0 Å². The molecule has 0 radical (unpaired) electrons. The molecule has 0 amide bonds. The van der Waals surface area contributed by atoms with E-state index in [2.05, 4.69) is 4.98 Å². The number of hydrogen-bond acceptors (Lipinski definition) is 5. The molecular weight excluding hydrogens is 437 g/mol. The zero-order chi connectivity index (χ0) is 23.4. The summed E-state index contributed by atoms with van der Waals surface area (Å²) >= 11 is 5.89. The van der Waals surface area contributed by atoms with E-state index in [4.69, 9.17) is 16.3 Å². The summed E-state index contributed by atoms with van der Waals surface area (Å²) in [5.41, 5.74) is -0.869. The number of hydrogen-bond donors (Lipinski definition) is 0. The largest absolute Gasteiger partial charge is 0.459 e. The third-order valence-corrected chi connectivity index (χ3v) is 4.31. The highest BCUT2D eigenvalue weighted by Crippen LogP contribution is 2.25. The second-order valence-corrected chi connectivity index (χ2v) is 8.32. The highest BCUT2D eigenvalue weighted by Gasteiger charge is 2.27. The zero-order valence-corrected chi connectivity index (χ0v) is 18.0. The lowest BCUT2D eigenvalue weighted by molar-refractivity contribution is -0.155. The van der Waals surface area contributed by atoms with Gasteiger partial charge in [0.05, 0.1) is 5.69 Å². The average Bonchev–Trinajstić information content (AvgIpc) is 2.61. The minimum atomic E-state index is -4.37. The van der Waals surface area contributed by atoms with Crippen molar-refractivity contribution < 1.29 is 27.5 Å². The number of rotatable bonds is 7. The molecule has 2 aromatic rings. The molecule has 0 aliphatic carbocycles. The maximum Gasteiger partial charge on any atom is 0.389 e. The van der Waals surface area contributed by atoms with E-state index >= 15 is 0 Å². The number of ether oxygens (including phenoxy) is 1. The van der Waals surface area contributed by atoms with Gasteiger partial charge in [-0.2, -0.15) is 13.2 Å². The molecule has 0 aliphatic rings. The van der Waals surface area contributed by atoms with Crippen LogP contribution in [0.4, 0.5) is 13.2 Å². The molecule has 10 heteroatoms. The fourth-order valence-electron chi connectivity index (χ4n) is 2.87. The first-order valence-electron chi connectivity index (χ1n) is 9.43. The smallest absolute Gasteiger partial charge is 0.389 e. The van der Waals surface area contributed by atoms with E-state index in [1.165, 1.54) is 18.2 Å². The second kappa shape index (κ2) is 9.64. The zero-order valence-electron chi connectivity index (χ0n) is 17.3. The van der Waals surface area contributed by atoms with Gasteiger partial charge in [0.2, 0.25) is 0 Å². The minimum absolute atomic E-state index is 0.00981. The van der Waals surface area contributed by atoms with Gasteiger partial charge < -0.3 is 4.74 Å². The lowest BCUT2D eigenvalue weighted by Gasteiger charge is -2.21. The summed E-state index contributed by atoms with van der Waals surface area (Å²) in [4.78, 5) is 40.6. The lowest BCUT2D eigenvalue weighted by Crippen LogP contribution is -2.32. The molecule has 6 nitrogen and oxygen atoms in total. The topological polar surface area (TPSA) is 78.3 Å². The predicted octanol–water partition coefficient (Wildman–Crippen LogP) is 4.60. The Kier molecular flexibility index (Phi) is 7.64. The van der Waals surface area contributed by atoms with Crippen molar-refractivity contribution >= 4 is 23.9 Å². The van der Waals surface area contributed by atoms with Gasteiger partial charge in [0.25, 0.3) is 5.56 Å². The summed E-state index contributed by atoms with van der Waals surface area (Å²) in [7, 11) is 0. The highest BCUT2D eigenvalue weighted by atomic mass is 35.5. The van der Waals surface area contributed by atoms with E-state index in [0.717, 1.165) is 10.6 Å². The van der Waals surface area contributed by atoms with Crippen LogP contribution in [0.5, 0.6) is 0 Å². The van der Waals surface area contributed by atoms with Crippen molar-refractivity contribution in [3.05, 3.63) is 51.0 Å². The molecule has 31 heavy (non-hydrogen) atoms. The van der Waals surface area contributed by atoms with E-state index in [0.29, 0.717) is 16.9 Å². The average molecular weight is 459 g/mol. The summed E-state index contributed by atoms with van der Waals surface area (Å²) < 4.78 is 44.0. The summed E-state index contributed by atoms with van der Waals surface area (Å²) in [6.07, 6.45) is -5.42. The molecule has 0 aliphatic heterocycles. The number of aldehydes is 1. The molecule has 0 saturated heterocycles. The molecule has 0 unspecified atom stereocenters. The first-order chi connectivity index (χ1) is 14.3. The third kappa shape index (κ3) is 7.50. The Bertz CT molecular complexity index is 1030. The van der Waals surface area contributed by atoms with Gasteiger partial charge in [-0.05, 0) is 39.3 Å². The van der Waals surface area contributed by atoms with Gasteiger partial charge in [-0.25, -0.2) is 4.98 Å². The number of halogens is 4. The van der Waals surface area contributed by atoms with Gasteiger partial charge in [0.1, 0.15) is 18.0 Å². The summed E-state index contributed by atoms with van der Waals surface area (Å²) in [6, 6.07) is 5.50. The van der Waals surface area contributed by atoms with Crippen molar-refractivity contribution in [2.24, 2.45) is 0 Å². The molecule has 0 fully saturated rings. The number of nitrogens with zero attached hydrogens (tertiary/aromatic N) is 2. The van der Waals surface area contributed by atoms with Crippen LogP contribution in [0.2, 0.25) is 5.02 Å². The maximum absolute atomic E-state index is 12.7. The van der Waals surface area contributed by atoms with Crippen molar-refractivity contribution in [2.45, 2.75) is 58.4 Å². The molecule has 2 rings (SSSR count). The monoisotopic (exact) mass is 458 g/mol. The number of alkyl halides is 3. The number of aromatic nitrogens is 2. The van der Waals surface area contributed by atoms with Crippen LogP contribution in [0, 0.1) is 0 Å². The molecule has 0 atom stereocenters. The number of esters is 1. The Balaban J connectivity index is 2.48. The summed E-state index contributed by atoms with van der Waals surface area (Å²) in [5, 5.41) is 0.300. The molecule has 0 saturated carbocycles. The first-order valence-corrected chi connectivity index (χ1v) is 9.81. The fourth-order valence-corrected chi connectivity index (χ4v) is 3.05. The molecule has 1 aromatic carbocycles. The Morgan fingerprint density at radius 2 is 1.90 bits per heavy atom. The first kappa shape index (κ1) is 24.6. The van der Waals surface area contributed by atoms with Crippen LogP contribution in [0.25, 0.3) is 11.3 Å². The van der Waals surface area contributed by atoms with Crippen LogP contribution >= 0.6 is 11.6 Å². The molecule has 1 aromatic heterocycles. The number of benzene rings is 1. The van der Waals surface area contributed by atoms with Gasteiger partial charge >= 0.3 is 12.1 Å². The van der Waals surface area contributed by atoms with Crippen molar-refractivity contribution in [3.63, 3.8) is 0 Å². The predicted molar refractivity (Wildman–Crippen MR) is 109 cm³/mol. The summed E-state index contributed by atoms with van der Waals surface area (Å²) in [6.45, 7) is 4.47. The van der Waals surface area contributed by atoms with E-state index in [9.17, 15) is 27.6 Å². The Labute approximate surface area is 182 Å². The second-order valence-electron chi connectivity index (χ2n) is 7.89. The lowest BCUT2D eigenvalue weighted by atomic mass is 10.0. The van der Waals surface area contributed by atoms with Crippen LogP contribution in [0.15, 0.2) is 29.1 Å². The van der Waals surface area contributed by atoms with E-state index in [1.807, 2.05) is 0 Å². The van der Waals surface area contributed by atoms with Gasteiger partial charge in [0.15, 0.2) is 6.29 Å². The number of carbonyl (C=O) groups is 2. The number of aryl methyl sites for hydroxylation is 1. The van der Waals surface area contributed by atoms with Gasteiger partial charge in [-0.3, -0.25) is 19.0 Å². The molecule has 168 valence electrons. The Morgan fingerprint density at radius 1 is 1.23 bits per heavy atom. The van der Waals surface area contributed by atoms with Crippen LogP contribution in [-0.4, -0.2) is 33.6 Å². The fraction of sp³-hybridized carbons (Fsp3) is 0.429. The SMILES string of the molecule is CC(C)(C)OC(=O)Cn1c(CCCC(F)(F)F)nc(-c2ccc(Cl)cc2C=O)cc1=O. The summed E-state index contributed by atoms with van der Waals surface area (Å²) in [5.74, 6) is -0.731. The van der Waals surface area contributed by atoms with Crippen molar-refractivity contribution in [1.29, 1.82) is 0 Å². The molecular formula is C21H22ClF3N2O4. The van der Waals surface area contributed by atoms with Crippen molar-refractivity contribution in [3.8, 4) is 11.3 Å². The van der Waals surface area contributed by atoms with E-state index in [-0.39, 0.29) is 29.9 Å². The molecule has 1 heterocycles. The normalized spacial score (nSPS) is 12.0. The molecule has 0 bridgehead atoms. The van der Waals surface area contributed by atoms with Gasteiger partial charge in [0, 0.05) is 35.1 Å². The molecule has 0 spiro atoms. The standard InChI is InChI=1S/C21H22ClF3N2O4/c1-20(2,3)31-19(30)11-27-17(5-4-8-21(23,24)25)26-16(10-18(27)29)15-7-6-14(22)9-13(15)12-28/h6-7,9-10,12H,4-5,8,11H2,1-3H3. The van der Waals surface area contributed by atoms with E-state index in [1.54, 1.807) is 20.8 Å². The Morgan fingerprint density at radius 3 is 2.48 bits per heavy atom. The molecule has 0 N–H and O–H groups in total. The van der Waals surface area contributed by atoms with Gasteiger partial charge in [-0.1, -0.05) is 17.7 Å². The third-order valence-electron chi connectivity index (χ3n) is 4.07. The Hall–Kier alpha value is -2.68. The van der Waals surface area contributed by atoms with Crippen LogP contribution < -0.4 is 5.56 Å². The highest BCUT2D eigenvalue weighted by molar-refractivity contribution is 6.31. The minimum Gasteiger partial charge on any atom is -0.459 e. The van der Waals surface area contributed by atoms with Crippen LogP contribution in [0.1, 0.15) is 49.8 Å². The van der Waals surface area contributed by atoms with Crippen molar-refractivity contribution in [2.75, 3.05) is 0 Å². The maximum atomic E-state index is 12.7. The quantitative estimate of drug-likeness (QED) is 0.447. The van der Waals surface area contributed by atoms with Crippen LogP contribution in [0.3, 0.4) is 0 Å². The van der Waals surface area contributed by atoms with E-state index < -0.39 is 36.3 Å². The van der Waals surface area contributed by atoms with Crippen LogP contribution in [-0.2, 0) is 22.5 Å².